The van der Waals surface area contributed by atoms with Crippen molar-refractivity contribution in [2.75, 3.05) is 12.0 Å². The lowest BCUT2D eigenvalue weighted by Crippen LogP contribution is -2.13. The van der Waals surface area contributed by atoms with Gasteiger partial charge in [0.05, 0.1) is 12.2 Å². The second kappa shape index (κ2) is 5.12. The number of nitrogen functional groups attached to an aromatic ring is 1. The molecule has 0 spiro atoms. The fourth-order valence-corrected chi connectivity index (χ4v) is 2.10. The minimum Gasteiger partial charge on any atom is -0.477 e. The largest absolute Gasteiger partial charge is 0.477 e. The van der Waals surface area contributed by atoms with Gasteiger partial charge in [0.1, 0.15) is 12.1 Å². The fraction of sp³-hybridized carbons (Fsp3) is 0.636. The van der Waals surface area contributed by atoms with Crippen LogP contribution in [0.4, 0.5) is 5.82 Å². The third-order valence-electron chi connectivity index (χ3n) is 3.11. The van der Waals surface area contributed by atoms with Crippen LogP contribution in [0.5, 0.6) is 5.88 Å². The average Bonchev–Trinajstić information content (AvgIpc) is 2.81. The van der Waals surface area contributed by atoms with Crippen molar-refractivity contribution in [1.29, 1.82) is 0 Å². The Morgan fingerprint density at radius 2 is 2.19 bits per heavy atom. The van der Waals surface area contributed by atoms with E-state index in [0.717, 1.165) is 12.2 Å². The van der Waals surface area contributed by atoms with Crippen LogP contribution in [0.15, 0.2) is 6.33 Å². The summed E-state index contributed by atoms with van der Waals surface area (Å²) in [5.41, 5.74) is 3.40. The molecule has 1 fully saturated rings. The lowest BCUT2D eigenvalue weighted by Gasteiger charge is -2.13. The van der Waals surface area contributed by atoms with E-state index < -0.39 is 0 Å². The summed E-state index contributed by atoms with van der Waals surface area (Å²) in [7, 11) is 0. The first kappa shape index (κ1) is 11.1. The van der Waals surface area contributed by atoms with E-state index in [1.54, 1.807) is 0 Å². The number of hydrogen-bond donors (Lipinski definition) is 2. The molecule has 0 aliphatic heterocycles. The molecular weight excluding hydrogens is 204 g/mol. The molecule has 1 aliphatic rings. The van der Waals surface area contributed by atoms with E-state index >= 15 is 0 Å². The van der Waals surface area contributed by atoms with Crippen molar-refractivity contribution < 1.29 is 4.74 Å². The third-order valence-corrected chi connectivity index (χ3v) is 3.11. The van der Waals surface area contributed by atoms with Gasteiger partial charge in [-0.15, -0.1) is 0 Å². The molecule has 0 saturated heterocycles. The van der Waals surface area contributed by atoms with E-state index in [1.807, 2.05) is 6.92 Å². The number of nitrogens with one attached hydrogen (secondary N) is 1. The highest BCUT2D eigenvalue weighted by Gasteiger charge is 2.16. The summed E-state index contributed by atoms with van der Waals surface area (Å²) < 4.78 is 5.72. The van der Waals surface area contributed by atoms with E-state index in [1.165, 1.54) is 32.0 Å². The minimum atomic E-state index is 0.622. The number of ether oxygens (including phenoxy) is 1. The molecular formula is C11H18N4O. The minimum absolute atomic E-state index is 0.622. The second-order valence-corrected chi connectivity index (χ2v) is 4.26. The molecule has 0 bridgehead atoms. The SMILES string of the molecule is Cc1c(NN)ncnc1OCC1CCCC1. The van der Waals surface area contributed by atoms with Crippen molar-refractivity contribution in [1.82, 2.24) is 9.97 Å². The van der Waals surface area contributed by atoms with Crippen molar-refractivity contribution in [2.24, 2.45) is 11.8 Å². The summed E-state index contributed by atoms with van der Waals surface area (Å²) in [6.45, 7) is 2.65. The van der Waals surface area contributed by atoms with E-state index in [0.29, 0.717) is 17.6 Å². The van der Waals surface area contributed by atoms with Crippen molar-refractivity contribution in [3.8, 4) is 5.88 Å². The molecule has 2 rings (SSSR count). The monoisotopic (exact) mass is 222 g/mol. The standard InChI is InChI=1S/C11H18N4O/c1-8-10(15-12)13-7-14-11(8)16-6-9-4-2-3-5-9/h7,9H,2-6,12H2,1H3,(H,13,14,15). The number of anilines is 1. The van der Waals surface area contributed by atoms with Crippen LogP contribution in [0.1, 0.15) is 31.2 Å². The van der Waals surface area contributed by atoms with Gasteiger partial charge in [-0.3, -0.25) is 0 Å². The smallest absolute Gasteiger partial charge is 0.221 e. The topological polar surface area (TPSA) is 73.1 Å². The Bertz CT molecular complexity index is 350. The number of nitrogens with two attached hydrogens (primary N) is 1. The Morgan fingerprint density at radius 1 is 1.44 bits per heavy atom. The number of aromatic nitrogens is 2. The Morgan fingerprint density at radius 3 is 2.88 bits per heavy atom. The van der Waals surface area contributed by atoms with Crippen LogP contribution in [0.3, 0.4) is 0 Å². The second-order valence-electron chi connectivity index (χ2n) is 4.26. The van der Waals surface area contributed by atoms with Crippen molar-refractivity contribution in [3.05, 3.63) is 11.9 Å². The van der Waals surface area contributed by atoms with Gasteiger partial charge >= 0.3 is 0 Å². The molecule has 5 nitrogen and oxygen atoms in total. The van der Waals surface area contributed by atoms with Crippen LogP contribution < -0.4 is 16.0 Å². The highest BCUT2D eigenvalue weighted by Crippen LogP contribution is 2.26. The first-order valence-corrected chi connectivity index (χ1v) is 5.72. The van der Waals surface area contributed by atoms with Crippen LogP contribution in [0.25, 0.3) is 0 Å². The first-order chi connectivity index (χ1) is 7.81. The lowest BCUT2D eigenvalue weighted by atomic mass is 10.1. The lowest BCUT2D eigenvalue weighted by molar-refractivity contribution is 0.241. The zero-order valence-electron chi connectivity index (χ0n) is 9.57. The number of nitrogens with zero attached hydrogens (tertiary/aromatic N) is 2. The zero-order valence-corrected chi connectivity index (χ0v) is 9.57. The predicted molar refractivity (Wildman–Crippen MR) is 62.0 cm³/mol. The molecule has 1 aliphatic carbocycles. The molecule has 1 aromatic rings. The molecule has 0 unspecified atom stereocenters. The van der Waals surface area contributed by atoms with Gasteiger partial charge < -0.3 is 10.2 Å². The van der Waals surface area contributed by atoms with Crippen molar-refractivity contribution in [3.63, 3.8) is 0 Å². The summed E-state index contributed by atoms with van der Waals surface area (Å²) >= 11 is 0. The van der Waals surface area contributed by atoms with Gasteiger partial charge in [-0.05, 0) is 25.7 Å². The van der Waals surface area contributed by atoms with Crippen LogP contribution in [-0.4, -0.2) is 16.6 Å². The maximum absolute atomic E-state index is 5.72. The molecule has 3 N–H and O–H groups in total. The Hall–Kier alpha value is -1.36. The normalized spacial score (nSPS) is 16.4. The Labute approximate surface area is 95.4 Å². The first-order valence-electron chi connectivity index (χ1n) is 5.72. The highest BCUT2D eigenvalue weighted by atomic mass is 16.5. The Kier molecular flexibility index (Phi) is 3.56. The van der Waals surface area contributed by atoms with Gasteiger partial charge in [0.15, 0.2) is 0 Å². The van der Waals surface area contributed by atoms with Crippen molar-refractivity contribution in [2.45, 2.75) is 32.6 Å². The van der Waals surface area contributed by atoms with Gasteiger partial charge in [0.2, 0.25) is 5.88 Å². The summed E-state index contributed by atoms with van der Waals surface area (Å²) in [6.07, 6.45) is 6.66. The Balaban J connectivity index is 1.97. The highest BCUT2D eigenvalue weighted by molar-refractivity contribution is 5.46. The number of rotatable bonds is 4. The fourth-order valence-electron chi connectivity index (χ4n) is 2.10. The molecule has 1 heterocycles. The molecule has 1 aromatic heterocycles. The zero-order chi connectivity index (χ0) is 11.4. The van der Waals surface area contributed by atoms with E-state index in [9.17, 15) is 0 Å². The summed E-state index contributed by atoms with van der Waals surface area (Å²) in [6, 6.07) is 0. The summed E-state index contributed by atoms with van der Waals surface area (Å²) in [4.78, 5) is 8.13. The quantitative estimate of drug-likeness (QED) is 0.598. The summed E-state index contributed by atoms with van der Waals surface area (Å²) in [5.74, 6) is 7.28. The molecule has 0 radical (unpaired) electrons. The maximum atomic E-state index is 5.72. The molecule has 1 saturated carbocycles. The van der Waals surface area contributed by atoms with Crippen LogP contribution in [-0.2, 0) is 0 Å². The van der Waals surface area contributed by atoms with E-state index in [2.05, 4.69) is 15.4 Å². The van der Waals surface area contributed by atoms with Crippen LogP contribution in [0, 0.1) is 12.8 Å². The molecule has 5 heteroatoms. The van der Waals surface area contributed by atoms with Gasteiger partial charge in [-0.25, -0.2) is 15.8 Å². The number of hydrazine groups is 1. The van der Waals surface area contributed by atoms with E-state index in [-0.39, 0.29) is 0 Å². The van der Waals surface area contributed by atoms with Gasteiger partial charge in [0, 0.05) is 0 Å². The van der Waals surface area contributed by atoms with E-state index in [4.69, 9.17) is 10.6 Å². The number of hydrogen-bond acceptors (Lipinski definition) is 5. The van der Waals surface area contributed by atoms with Gasteiger partial charge in [-0.2, -0.15) is 0 Å². The van der Waals surface area contributed by atoms with Crippen LogP contribution >= 0.6 is 0 Å². The van der Waals surface area contributed by atoms with Gasteiger partial charge in [0.25, 0.3) is 0 Å². The molecule has 0 amide bonds. The molecule has 88 valence electrons. The van der Waals surface area contributed by atoms with Crippen molar-refractivity contribution >= 4 is 5.82 Å². The summed E-state index contributed by atoms with van der Waals surface area (Å²) in [5, 5.41) is 0. The predicted octanol–water partition coefficient (Wildman–Crippen LogP) is 1.64. The molecule has 16 heavy (non-hydrogen) atoms. The molecule has 0 atom stereocenters. The van der Waals surface area contributed by atoms with Gasteiger partial charge in [-0.1, -0.05) is 12.8 Å². The van der Waals surface area contributed by atoms with Crippen LogP contribution in [0.2, 0.25) is 0 Å². The molecule has 0 aromatic carbocycles. The third kappa shape index (κ3) is 2.41. The maximum Gasteiger partial charge on any atom is 0.221 e. The average molecular weight is 222 g/mol.